The first-order valence-corrected chi connectivity index (χ1v) is 5.42. The van der Waals surface area contributed by atoms with E-state index in [-0.39, 0.29) is 11.4 Å². The van der Waals surface area contributed by atoms with E-state index in [0.29, 0.717) is 0 Å². The third-order valence-electron chi connectivity index (χ3n) is 1.94. The van der Waals surface area contributed by atoms with Crippen LogP contribution in [0.5, 0.6) is 0 Å². The first-order valence-electron chi connectivity index (χ1n) is 4.38. The fourth-order valence-electron chi connectivity index (χ4n) is 0.896. The molecule has 1 N–H and O–H groups in total. The highest BCUT2D eigenvalue weighted by Gasteiger charge is 2.09. The number of hydrogen-bond donors (Lipinski definition) is 1. The molecule has 0 saturated heterocycles. The Balaban J connectivity index is 2.35. The predicted molar refractivity (Wildman–Crippen MR) is 55.6 cm³/mol. The maximum atomic E-state index is 9.26. The molecule has 1 aromatic rings. The summed E-state index contributed by atoms with van der Waals surface area (Å²) in [5, 5.41) is 13.8. The fourth-order valence-corrected chi connectivity index (χ4v) is 1.76. The van der Waals surface area contributed by atoms with Crippen LogP contribution in [0.3, 0.4) is 0 Å². The van der Waals surface area contributed by atoms with Gasteiger partial charge in [0.25, 0.3) is 0 Å². The van der Waals surface area contributed by atoms with Gasteiger partial charge >= 0.3 is 0 Å². The molecule has 0 aliphatic carbocycles. The molecule has 0 bridgehead atoms. The summed E-state index contributed by atoms with van der Waals surface area (Å²) in [4.78, 5) is 0. The molecule has 1 heterocycles. The van der Waals surface area contributed by atoms with Crippen LogP contribution in [0.1, 0.15) is 19.5 Å². The van der Waals surface area contributed by atoms with Crippen LogP contribution in [0.2, 0.25) is 0 Å². The summed E-state index contributed by atoms with van der Waals surface area (Å²) >= 11 is 1.73. The molecule has 0 aliphatic rings. The molecule has 0 amide bonds. The molecular weight excluding hydrogens is 184 g/mol. The third-order valence-corrected chi connectivity index (χ3v) is 3.32. The lowest BCUT2D eigenvalue weighted by atomic mass is 10.3. The monoisotopic (exact) mass is 200 g/mol. The number of aromatic nitrogens is 2. The van der Waals surface area contributed by atoms with E-state index in [1.807, 2.05) is 33.2 Å². The summed E-state index contributed by atoms with van der Waals surface area (Å²) in [5.74, 6) is 0.868. The van der Waals surface area contributed by atoms with Crippen molar-refractivity contribution >= 4 is 11.8 Å². The number of hydrogen-bond acceptors (Lipinski definition) is 3. The average Bonchev–Trinajstić information content (AvgIpc) is 2.47. The lowest BCUT2D eigenvalue weighted by Crippen LogP contribution is -2.15. The van der Waals surface area contributed by atoms with Crippen molar-refractivity contribution < 1.29 is 5.11 Å². The quantitative estimate of drug-likeness (QED) is 0.799. The van der Waals surface area contributed by atoms with Gasteiger partial charge in [-0.25, -0.2) is 0 Å². The minimum atomic E-state index is -0.256. The summed E-state index contributed by atoms with van der Waals surface area (Å²) < 4.78 is 1.79. The van der Waals surface area contributed by atoms with Crippen LogP contribution < -0.4 is 0 Å². The van der Waals surface area contributed by atoms with Gasteiger partial charge in [0.15, 0.2) is 0 Å². The SMILES string of the molecule is CC(O)C(C)SCc1ccn(C)n1. The van der Waals surface area contributed by atoms with Gasteiger partial charge in [0.1, 0.15) is 0 Å². The van der Waals surface area contributed by atoms with Gasteiger partial charge in [-0.2, -0.15) is 5.10 Å². The molecule has 2 atom stereocenters. The number of rotatable bonds is 4. The van der Waals surface area contributed by atoms with E-state index in [1.54, 1.807) is 16.4 Å². The zero-order valence-corrected chi connectivity index (χ0v) is 9.08. The molecule has 1 aromatic heterocycles. The van der Waals surface area contributed by atoms with Crippen molar-refractivity contribution in [3.8, 4) is 0 Å². The highest BCUT2D eigenvalue weighted by atomic mass is 32.2. The molecule has 2 unspecified atom stereocenters. The van der Waals surface area contributed by atoms with E-state index in [1.165, 1.54) is 0 Å². The van der Waals surface area contributed by atoms with Gasteiger partial charge in [0.2, 0.25) is 0 Å². The van der Waals surface area contributed by atoms with Gasteiger partial charge in [0, 0.05) is 24.2 Å². The second-order valence-corrected chi connectivity index (χ2v) is 4.60. The van der Waals surface area contributed by atoms with Crippen LogP contribution in [0.4, 0.5) is 0 Å². The number of aliphatic hydroxyl groups is 1. The van der Waals surface area contributed by atoms with Gasteiger partial charge in [-0.3, -0.25) is 4.68 Å². The number of aliphatic hydroxyl groups excluding tert-OH is 1. The Morgan fingerprint density at radius 2 is 2.31 bits per heavy atom. The van der Waals surface area contributed by atoms with E-state index in [9.17, 15) is 5.11 Å². The highest BCUT2D eigenvalue weighted by molar-refractivity contribution is 7.99. The van der Waals surface area contributed by atoms with Gasteiger partial charge in [-0.05, 0) is 13.0 Å². The third kappa shape index (κ3) is 3.40. The van der Waals surface area contributed by atoms with Crippen molar-refractivity contribution in [3.63, 3.8) is 0 Å². The minimum absolute atomic E-state index is 0.256. The predicted octanol–water partition coefficient (Wildman–Crippen LogP) is 1.42. The van der Waals surface area contributed by atoms with Gasteiger partial charge in [-0.15, -0.1) is 11.8 Å². The van der Waals surface area contributed by atoms with E-state index in [0.717, 1.165) is 11.4 Å². The minimum Gasteiger partial charge on any atom is -0.392 e. The fraction of sp³-hybridized carbons (Fsp3) is 0.667. The first-order chi connectivity index (χ1) is 6.09. The maximum Gasteiger partial charge on any atom is 0.0723 e. The molecule has 0 aromatic carbocycles. The first kappa shape index (κ1) is 10.6. The van der Waals surface area contributed by atoms with Gasteiger partial charge in [-0.1, -0.05) is 6.92 Å². The lowest BCUT2D eigenvalue weighted by molar-refractivity contribution is 0.196. The Kier molecular flexibility index (Phi) is 3.81. The number of aryl methyl sites for hydroxylation is 1. The summed E-state index contributed by atoms with van der Waals surface area (Å²) in [7, 11) is 1.91. The van der Waals surface area contributed by atoms with E-state index < -0.39 is 0 Å². The number of thioether (sulfide) groups is 1. The van der Waals surface area contributed by atoms with Crippen LogP contribution in [0.15, 0.2) is 12.3 Å². The summed E-state index contributed by atoms with van der Waals surface area (Å²) in [6.45, 7) is 3.84. The molecular formula is C9H16N2OS. The van der Waals surface area contributed by atoms with Crippen molar-refractivity contribution in [2.75, 3.05) is 0 Å². The van der Waals surface area contributed by atoms with Gasteiger partial charge < -0.3 is 5.11 Å². The Hall–Kier alpha value is -0.480. The Morgan fingerprint density at radius 3 is 2.77 bits per heavy atom. The highest BCUT2D eigenvalue weighted by Crippen LogP contribution is 2.18. The van der Waals surface area contributed by atoms with E-state index in [4.69, 9.17) is 0 Å². The Morgan fingerprint density at radius 1 is 1.62 bits per heavy atom. The zero-order chi connectivity index (χ0) is 9.84. The molecule has 0 aliphatic heterocycles. The summed E-state index contributed by atoms with van der Waals surface area (Å²) in [6, 6.07) is 2.00. The number of nitrogens with zero attached hydrogens (tertiary/aromatic N) is 2. The molecule has 4 heteroatoms. The van der Waals surface area contributed by atoms with Crippen molar-refractivity contribution in [2.45, 2.75) is 31.0 Å². The van der Waals surface area contributed by atoms with Crippen molar-refractivity contribution in [2.24, 2.45) is 7.05 Å². The lowest BCUT2D eigenvalue weighted by Gasteiger charge is -2.12. The summed E-state index contributed by atoms with van der Waals surface area (Å²) in [6.07, 6.45) is 1.68. The Bertz CT molecular complexity index is 260. The normalized spacial score (nSPS) is 15.7. The van der Waals surface area contributed by atoms with Crippen molar-refractivity contribution in [1.29, 1.82) is 0 Å². The molecule has 0 saturated carbocycles. The molecule has 13 heavy (non-hydrogen) atoms. The maximum absolute atomic E-state index is 9.26. The van der Waals surface area contributed by atoms with E-state index in [2.05, 4.69) is 5.10 Å². The van der Waals surface area contributed by atoms with Crippen LogP contribution in [0.25, 0.3) is 0 Å². The second kappa shape index (κ2) is 4.67. The van der Waals surface area contributed by atoms with Crippen molar-refractivity contribution in [3.05, 3.63) is 18.0 Å². The van der Waals surface area contributed by atoms with Crippen LogP contribution in [-0.2, 0) is 12.8 Å². The smallest absolute Gasteiger partial charge is 0.0723 e. The Labute approximate surface area is 83.1 Å². The average molecular weight is 200 g/mol. The largest absolute Gasteiger partial charge is 0.392 e. The molecule has 0 spiro atoms. The van der Waals surface area contributed by atoms with Crippen LogP contribution in [-0.4, -0.2) is 26.2 Å². The molecule has 74 valence electrons. The standard InChI is InChI=1S/C9H16N2OS/c1-7(12)8(2)13-6-9-4-5-11(3)10-9/h4-5,7-8,12H,6H2,1-3H3. The second-order valence-electron chi connectivity index (χ2n) is 3.24. The molecule has 3 nitrogen and oxygen atoms in total. The molecule has 0 fully saturated rings. The summed E-state index contributed by atoms with van der Waals surface area (Å²) in [5.41, 5.74) is 1.07. The zero-order valence-electron chi connectivity index (χ0n) is 8.27. The van der Waals surface area contributed by atoms with Crippen LogP contribution >= 0.6 is 11.8 Å². The topological polar surface area (TPSA) is 38.0 Å². The van der Waals surface area contributed by atoms with Crippen LogP contribution in [0, 0.1) is 0 Å². The van der Waals surface area contributed by atoms with Gasteiger partial charge in [0.05, 0.1) is 11.8 Å². The molecule has 1 rings (SSSR count). The van der Waals surface area contributed by atoms with Crippen molar-refractivity contribution in [1.82, 2.24) is 9.78 Å². The molecule has 0 radical (unpaired) electrons. The van der Waals surface area contributed by atoms with E-state index >= 15 is 0 Å².